The van der Waals surface area contributed by atoms with E-state index < -0.39 is 0 Å². The summed E-state index contributed by atoms with van der Waals surface area (Å²) < 4.78 is 0. The van der Waals surface area contributed by atoms with Gasteiger partial charge in [-0.25, -0.2) is 0 Å². The molecule has 0 aliphatic rings. The molecule has 0 spiro atoms. The van der Waals surface area contributed by atoms with Crippen molar-refractivity contribution in [2.75, 3.05) is 0 Å². The zero-order valence-corrected chi connectivity index (χ0v) is 7.83. The van der Waals surface area contributed by atoms with Gasteiger partial charge in [-0.15, -0.1) is 0 Å². The number of hydrogen-bond acceptors (Lipinski definition) is 2. The van der Waals surface area contributed by atoms with Gasteiger partial charge in [0, 0.05) is 6.42 Å². The maximum absolute atomic E-state index is 9.14. The monoisotopic (exact) mass is 167 g/mol. The van der Waals surface area contributed by atoms with Crippen molar-refractivity contribution in [1.82, 2.24) is 0 Å². The summed E-state index contributed by atoms with van der Waals surface area (Å²) in [6.45, 7) is 3.81. The Bertz CT molecular complexity index is 167. The van der Waals surface area contributed by atoms with Crippen LogP contribution < -0.4 is 0 Å². The van der Waals surface area contributed by atoms with Crippen LogP contribution in [0.15, 0.2) is 12.2 Å². The van der Waals surface area contributed by atoms with Gasteiger partial charge in [0.2, 0.25) is 0 Å². The molecule has 2 heteroatoms. The number of nitriles is 1. The fourth-order valence-electron chi connectivity index (χ4n) is 0.774. The van der Waals surface area contributed by atoms with E-state index >= 15 is 0 Å². The lowest BCUT2D eigenvalue weighted by Crippen LogP contribution is -2.11. The lowest BCUT2D eigenvalue weighted by atomic mass is 10.0. The number of allylic oxidation sites excluding steroid dienone is 2. The van der Waals surface area contributed by atoms with Crippen LogP contribution >= 0.6 is 0 Å². The Labute approximate surface area is 74.5 Å². The van der Waals surface area contributed by atoms with Gasteiger partial charge < -0.3 is 5.11 Å². The largest absolute Gasteiger partial charge is 0.393 e. The van der Waals surface area contributed by atoms with E-state index in [4.69, 9.17) is 10.4 Å². The molecule has 0 amide bonds. The highest BCUT2D eigenvalue weighted by Crippen LogP contribution is 2.08. The zero-order valence-electron chi connectivity index (χ0n) is 7.83. The average molecular weight is 167 g/mol. The van der Waals surface area contributed by atoms with Crippen LogP contribution in [0.4, 0.5) is 0 Å². The summed E-state index contributed by atoms with van der Waals surface area (Å²) in [7, 11) is 0. The van der Waals surface area contributed by atoms with Crippen LogP contribution in [0.2, 0.25) is 0 Å². The number of aliphatic hydroxyl groups is 1. The highest BCUT2D eigenvalue weighted by molar-refractivity contribution is 4.87. The minimum atomic E-state index is -0.245. The van der Waals surface area contributed by atoms with Crippen LogP contribution in [0.3, 0.4) is 0 Å². The fraction of sp³-hybridized carbons (Fsp3) is 0.700. The molecule has 0 aliphatic heterocycles. The molecule has 0 saturated heterocycles. The predicted molar refractivity (Wildman–Crippen MR) is 49.4 cm³/mol. The summed E-state index contributed by atoms with van der Waals surface area (Å²) in [6.07, 6.45) is 6.09. The molecule has 0 heterocycles. The number of rotatable bonds is 5. The number of unbranched alkanes of at least 4 members (excludes halogenated alkanes) is 1. The molecule has 0 rings (SSSR count). The topological polar surface area (TPSA) is 44.0 Å². The van der Waals surface area contributed by atoms with Crippen molar-refractivity contribution in [3.63, 3.8) is 0 Å². The van der Waals surface area contributed by atoms with Crippen molar-refractivity contribution in [3.8, 4) is 6.07 Å². The maximum Gasteiger partial charge on any atom is 0.0624 e. The Morgan fingerprint density at radius 1 is 1.42 bits per heavy atom. The van der Waals surface area contributed by atoms with E-state index in [0.717, 1.165) is 12.8 Å². The van der Waals surface area contributed by atoms with Gasteiger partial charge in [0.1, 0.15) is 0 Å². The van der Waals surface area contributed by atoms with E-state index in [1.165, 1.54) is 0 Å². The van der Waals surface area contributed by atoms with E-state index in [-0.39, 0.29) is 6.10 Å². The normalized spacial score (nSPS) is 15.8. The Balaban J connectivity index is 3.41. The van der Waals surface area contributed by atoms with E-state index in [0.29, 0.717) is 12.3 Å². The molecular weight excluding hydrogens is 150 g/mol. The molecule has 68 valence electrons. The van der Waals surface area contributed by atoms with Crippen LogP contribution in [0.5, 0.6) is 0 Å². The number of nitrogens with zero attached hydrogens (tertiary/aromatic N) is 1. The van der Waals surface area contributed by atoms with Crippen LogP contribution in [-0.4, -0.2) is 11.2 Å². The molecule has 2 atom stereocenters. The molecule has 0 fully saturated rings. The molecule has 1 N–H and O–H groups in total. The Kier molecular flexibility index (Phi) is 6.41. The molecule has 0 aromatic carbocycles. The molecular formula is C10H17NO. The van der Waals surface area contributed by atoms with Crippen LogP contribution in [-0.2, 0) is 0 Å². The molecule has 12 heavy (non-hydrogen) atoms. The van der Waals surface area contributed by atoms with Gasteiger partial charge >= 0.3 is 0 Å². The average Bonchev–Trinajstić information content (AvgIpc) is 2.03. The van der Waals surface area contributed by atoms with Crippen molar-refractivity contribution in [2.24, 2.45) is 5.92 Å². The van der Waals surface area contributed by atoms with Crippen molar-refractivity contribution < 1.29 is 5.11 Å². The second-order valence-corrected chi connectivity index (χ2v) is 3.12. The van der Waals surface area contributed by atoms with Gasteiger partial charge in [-0.2, -0.15) is 5.26 Å². The fourth-order valence-corrected chi connectivity index (χ4v) is 0.774. The first-order chi connectivity index (χ1) is 5.68. The molecule has 0 saturated carbocycles. The minimum Gasteiger partial charge on any atom is -0.393 e. The second-order valence-electron chi connectivity index (χ2n) is 3.12. The first-order valence-electron chi connectivity index (χ1n) is 4.38. The third-order valence-corrected chi connectivity index (χ3v) is 1.92. The smallest absolute Gasteiger partial charge is 0.0624 e. The minimum absolute atomic E-state index is 0.245. The van der Waals surface area contributed by atoms with Gasteiger partial charge in [0.15, 0.2) is 0 Å². The maximum atomic E-state index is 9.14. The third-order valence-electron chi connectivity index (χ3n) is 1.92. The first kappa shape index (κ1) is 11.2. The van der Waals surface area contributed by atoms with Crippen molar-refractivity contribution >= 4 is 0 Å². The van der Waals surface area contributed by atoms with Crippen molar-refractivity contribution in [3.05, 3.63) is 12.2 Å². The van der Waals surface area contributed by atoms with Crippen molar-refractivity contribution in [1.29, 1.82) is 5.26 Å². The summed E-state index contributed by atoms with van der Waals surface area (Å²) in [6, 6.07) is 2.08. The van der Waals surface area contributed by atoms with E-state index in [1.807, 2.05) is 19.1 Å². The van der Waals surface area contributed by atoms with Crippen LogP contribution in [0.25, 0.3) is 0 Å². The number of hydrogen-bond donors (Lipinski definition) is 1. The third kappa shape index (κ3) is 5.94. The summed E-state index contributed by atoms with van der Waals surface area (Å²) in [5.74, 6) is 0.309. The standard InChI is InChI=1S/C10H17NO/c1-9(10(2)12)7-5-3-4-6-8-11/h3,5,9-10,12H,4,6-7H2,1-2H3/b5-3+/t9-,10+/m1/s1. The number of aliphatic hydroxyl groups excluding tert-OH is 1. The molecule has 0 bridgehead atoms. The van der Waals surface area contributed by atoms with Gasteiger partial charge in [-0.3, -0.25) is 0 Å². The first-order valence-corrected chi connectivity index (χ1v) is 4.38. The lowest BCUT2D eigenvalue weighted by molar-refractivity contribution is 0.136. The second kappa shape index (κ2) is 6.87. The van der Waals surface area contributed by atoms with Crippen LogP contribution in [0.1, 0.15) is 33.1 Å². The van der Waals surface area contributed by atoms with Gasteiger partial charge in [0.05, 0.1) is 12.2 Å². The summed E-state index contributed by atoms with van der Waals surface area (Å²) in [4.78, 5) is 0. The SMILES string of the molecule is C[C@H](O)[C@H](C)C/C=C/CCC#N. The Morgan fingerprint density at radius 3 is 2.58 bits per heavy atom. The van der Waals surface area contributed by atoms with Crippen LogP contribution in [0, 0.1) is 17.2 Å². The quantitative estimate of drug-likeness (QED) is 0.504. The van der Waals surface area contributed by atoms with E-state index in [1.54, 1.807) is 6.92 Å². The summed E-state index contributed by atoms with van der Waals surface area (Å²) in [5.41, 5.74) is 0. The Morgan fingerprint density at radius 2 is 2.08 bits per heavy atom. The molecule has 0 unspecified atom stereocenters. The summed E-state index contributed by atoms with van der Waals surface area (Å²) in [5, 5.41) is 17.4. The van der Waals surface area contributed by atoms with E-state index in [9.17, 15) is 0 Å². The van der Waals surface area contributed by atoms with Gasteiger partial charge in [-0.1, -0.05) is 19.1 Å². The molecule has 0 aromatic heterocycles. The molecule has 2 nitrogen and oxygen atoms in total. The zero-order chi connectivity index (χ0) is 9.40. The highest BCUT2D eigenvalue weighted by Gasteiger charge is 2.04. The lowest BCUT2D eigenvalue weighted by Gasteiger charge is -2.10. The van der Waals surface area contributed by atoms with Gasteiger partial charge in [-0.05, 0) is 25.7 Å². The van der Waals surface area contributed by atoms with E-state index in [2.05, 4.69) is 6.07 Å². The Hall–Kier alpha value is -0.810. The summed E-state index contributed by atoms with van der Waals surface area (Å²) >= 11 is 0. The molecule has 0 aliphatic carbocycles. The molecule has 0 aromatic rings. The molecule has 0 radical (unpaired) electrons. The highest BCUT2D eigenvalue weighted by atomic mass is 16.3. The van der Waals surface area contributed by atoms with Gasteiger partial charge in [0.25, 0.3) is 0 Å². The van der Waals surface area contributed by atoms with Crippen molar-refractivity contribution in [2.45, 2.75) is 39.2 Å². The predicted octanol–water partition coefficient (Wildman–Crippen LogP) is 2.25.